The summed E-state index contributed by atoms with van der Waals surface area (Å²) in [4.78, 5) is 0. The summed E-state index contributed by atoms with van der Waals surface area (Å²) >= 11 is 0. The highest BCUT2D eigenvalue weighted by molar-refractivity contribution is 4.95. The summed E-state index contributed by atoms with van der Waals surface area (Å²) < 4.78 is 0. The topological polar surface area (TPSA) is 24.1 Å². The molecule has 2 nitrogen and oxygen atoms in total. The first-order chi connectivity index (χ1) is 9.34. The molecule has 1 saturated heterocycles. The smallest absolute Gasteiger partial charge is 0.0113 e. The molecule has 3 aliphatic rings. The highest BCUT2D eigenvalue weighted by Crippen LogP contribution is 2.33. The highest BCUT2D eigenvalue weighted by Gasteiger charge is 2.36. The van der Waals surface area contributed by atoms with Crippen LogP contribution in [0.3, 0.4) is 0 Å². The first-order valence-electron chi connectivity index (χ1n) is 8.84. The predicted molar refractivity (Wildman–Crippen MR) is 81.3 cm³/mol. The van der Waals surface area contributed by atoms with Crippen molar-refractivity contribution >= 4 is 0 Å². The molecule has 3 fully saturated rings. The average Bonchev–Trinajstić information content (AvgIpc) is 3.03. The highest BCUT2D eigenvalue weighted by atomic mass is 15.0. The molecule has 0 aromatic carbocycles. The van der Waals surface area contributed by atoms with Crippen molar-refractivity contribution in [3.63, 3.8) is 0 Å². The van der Waals surface area contributed by atoms with E-state index in [-0.39, 0.29) is 0 Å². The van der Waals surface area contributed by atoms with Crippen LogP contribution in [-0.4, -0.2) is 24.7 Å². The van der Waals surface area contributed by atoms with Crippen LogP contribution >= 0.6 is 0 Å². The lowest BCUT2D eigenvalue weighted by Gasteiger charge is -2.32. The Morgan fingerprint density at radius 1 is 0.789 bits per heavy atom. The molecule has 0 aromatic rings. The van der Waals surface area contributed by atoms with Crippen molar-refractivity contribution in [2.75, 3.05) is 6.54 Å². The number of nitrogens with one attached hydrogen (secondary N) is 2. The molecule has 2 heteroatoms. The molecule has 2 saturated carbocycles. The molecule has 0 aromatic heterocycles. The Kier molecular flexibility index (Phi) is 4.81. The van der Waals surface area contributed by atoms with Crippen LogP contribution in [0, 0.1) is 11.8 Å². The molecular formula is C17H32N2. The van der Waals surface area contributed by atoms with Crippen molar-refractivity contribution in [1.29, 1.82) is 0 Å². The van der Waals surface area contributed by atoms with Gasteiger partial charge in [-0.1, -0.05) is 32.6 Å². The van der Waals surface area contributed by atoms with Crippen LogP contribution in [0.2, 0.25) is 0 Å². The Hall–Kier alpha value is -0.0800. The molecule has 0 radical (unpaired) electrons. The summed E-state index contributed by atoms with van der Waals surface area (Å²) in [5, 5.41) is 7.84. The van der Waals surface area contributed by atoms with E-state index in [0.29, 0.717) is 0 Å². The molecular weight excluding hydrogens is 232 g/mol. The second-order valence-corrected chi connectivity index (χ2v) is 7.29. The Bertz CT molecular complexity index is 272. The van der Waals surface area contributed by atoms with Crippen LogP contribution in [0.1, 0.15) is 71.1 Å². The molecule has 2 aliphatic carbocycles. The van der Waals surface area contributed by atoms with Gasteiger partial charge in [0.1, 0.15) is 0 Å². The van der Waals surface area contributed by atoms with Gasteiger partial charge in [-0.25, -0.2) is 0 Å². The monoisotopic (exact) mass is 264 g/mol. The van der Waals surface area contributed by atoms with Crippen LogP contribution in [0.4, 0.5) is 0 Å². The van der Waals surface area contributed by atoms with E-state index in [1.165, 1.54) is 70.8 Å². The summed E-state index contributed by atoms with van der Waals surface area (Å²) in [5.74, 6) is 1.80. The Morgan fingerprint density at radius 3 is 2.47 bits per heavy atom. The third-order valence-electron chi connectivity index (χ3n) is 5.97. The Morgan fingerprint density at radius 2 is 1.63 bits per heavy atom. The fourth-order valence-corrected chi connectivity index (χ4v) is 4.77. The Balaban J connectivity index is 1.57. The SMILES string of the molecule is CC1CCCCCC1NC1CCCC1C1CCCN1. The maximum Gasteiger partial charge on any atom is 0.0113 e. The maximum atomic E-state index is 4.09. The summed E-state index contributed by atoms with van der Waals surface area (Å²) in [6, 6.07) is 2.43. The van der Waals surface area contributed by atoms with Gasteiger partial charge in [-0.15, -0.1) is 0 Å². The number of rotatable bonds is 3. The predicted octanol–water partition coefficient (Wildman–Crippen LogP) is 3.47. The lowest BCUT2D eigenvalue weighted by Crippen LogP contribution is -2.47. The second kappa shape index (κ2) is 6.58. The van der Waals surface area contributed by atoms with Gasteiger partial charge in [0.25, 0.3) is 0 Å². The van der Waals surface area contributed by atoms with E-state index in [1.54, 1.807) is 0 Å². The van der Waals surface area contributed by atoms with Crippen LogP contribution < -0.4 is 10.6 Å². The zero-order valence-electron chi connectivity index (χ0n) is 12.7. The van der Waals surface area contributed by atoms with E-state index >= 15 is 0 Å². The minimum Gasteiger partial charge on any atom is -0.314 e. The largest absolute Gasteiger partial charge is 0.314 e. The van der Waals surface area contributed by atoms with Crippen LogP contribution in [0.15, 0.2) is 0 Å². The van der Waals surface area contributed by atoms with Crippen LogP contribution in [0.25, 0.3) is 0 Å². The van der Waals surface area contributed by atoms with Crippen molar-refractivity contribution in [3.05, 3.63) is 0 Å². The van der Waals surface area contributed by atoms with Gasteiger partial charge in [-0.2, -0.15) is 0 Å². The van der Waals surface area contributed by atoms with Gasteiger partial charge >= 0.3 is 0 Å². The van der Waals surface area contributed by atoms with Crippen LogP contribution in [0.5, 0.6) is 0 Å². The van der Waals surface area contributed by atoms with E-state index in [2.05, 4.69) is 17.6 Å². The molecule has 19 heavy (non-hydrogen) atoms. The first kappa shape index (κ1) is 13.9. The van der Waals surface area contributed by atoms with Gasteiger partial charge in [-0.3, -0.25) is 0 Å². The van der Waals surface area contributed by atoms with Crippen molar-refractivity contribution in [3.8, 4) is 0 Å². The molecule has 3 rings (SSSR count). The Labute approximate surface area is 119 Å². The van der Waals surface area contributed by atoms with Crippen molar-refractivity contribution in [2.45, 2.75) is 89.3 Å². The lowest BCUT2D eigenvalue weighted by molar-refractivity contribution is 0.257. The number of hydrogen-bond donors (Lipinski definition) is 2. The molecule has 110 valence electrons. The van der Waals surface area contributed by atoms with E-state index in [9.17, 15) is 0 Å². The van der Waals surface area contributed by atoms with E-state index in [1.807, 2.05) is 0 Å². The molecule has 0 bridgehead atoms. The van der Waals surface area contributed by atoms with E-state index < -0.39 is 0 Å². The van der Waals surface area contributed by atoms with Gasteiger partial charge in [0.2, 0.25) is 0 Å². The third kappa shape index (κ3) is 3.33. The minimum absolute atomic E-state index is 0.800. The minimum atomic E-state index is 0.800. The molecule has 5 atom stereocenters. The second-order valence-electron chi connectivity index (χ2n) is 7.29. The number of hydrogen-bond acceptors (Lipinski definition) is 2. The molecule has 1 heterocycles. The maximum absolute atomic E-state index is 4.09. The normalized spacial score (nSPS) is 44.4. The third-order valence-corrected chi connectivity index (χ3v) is 5.97. The van der Waals surface area contributed by atoms with E-state index in [4.69, 9.17) is 0 Å². The van der Waals surface area contributed by atoms with Gasteiger partial charge in [0, 0.05) is 18.1 Å². The zero-order valence-corrected chi connectivity index (χ0v) is 12.7. The average molecular weight is 264 g/mol. The van der Waals surface area contributed by atoms with Gasteiger partial charge in [-0.05, 0) is 56.9 Å². The fraction of sp³-hybridized carbons (Fsp3) is 1.00. The quantitative estimate of drug-likeness (QED) is 0.763. The molecule has 0 amide bonds. The van der Waals surface area contributed by atoms with Crippen molar-refractivity contribution in [1.82, 2.24) is 10.6 Å². The van der Waals surface area contributed by atoms with E-state index in [0.717, 1.165) is 30.0 Å². The molecule has 2 N–H and O–H groups in total. The zero-order chi connectivity index (χ0) is 13.1. The fourth-order valence-electron chi connectivity index (χ4n) is 4.77. The summed E-state index contributed by atoms with van der Waals surface area (Å²) in [6.07, 6.45) is 14.4. The standard InChI is InChI=1S/C17H32N2/c1-13-7-3-2-4-9-15(13)19-17-10-5-8-14(17)16-11-6-12-18-16/h13-19H,2-12H2,1H3. The first-order valence-corrected chi connectivity index (χ1v) is 8.84. The molecule has 0 spiro atoms. The van der Waals surface area contributed by atoms with Gasteiger partial charge in [0.15, 0.2) is 0 Å². The molecule has 5 unspecified atom stereocenters. The van der Waals surface area contributed by atoms with Crippen molar-refractivity contribution < 1.29 is 0 Å². The summed E-state index contributed by atoms with van der Waals surface area (Å²) in [6.45, 7) is 3.73. The van der Waals surface area contributed by atoms with Gasteiger partial charge < -0.3 is 10.6 Å². The van der Waals surface area contributed by atoms with Crippen molar-refractivity contribution in [2.24, 2.45) is 11.8 Å². The lowest BCUT2D eigenvalue weighted by atomic mass is 9.90. The summed E-state index contributed by atoms with van der Waals surface area (Å²) in [7, 11) is 0. The molecule has 1 aliphatic heterocycles. The van der Waals surface area contributed by atoms with Gasteiger partial charge in [0.05, 0.1) is 0 Å². The summed E-state index contributed by atoms with van der Waals surface area (Å²) in [5.41, 5.74) is 0. The van der Waals surface area contributed by atoms with Crippen LogP contribution in [-0.2, 0) is 0 Å².